The monoisotopic (exact) mass is 331 g/mol. The van der Waals surface area contributed by atoms with Crippen LogP contribution in [0.15, 0.2) is 18.6 Å². The van der Waals surface area contributed by atoms with E-state index in [1.54, 1.807) is 18.6 Å². The first-order valence-electron chi connectivity index (χ1n) is 9.01. The first kappa shape index (κ1) is 16.0. The molecule has 24 heavy (non-hydrogen) atoms. The van der Waals surface area contributed by atoms with Crippen molar-refractivity contribution in [2.75, 3.05) is 32.9 Å². The molecule has 2 atom stereocenters. The lowest BCUT2D eigenvalue weighted by Crippen LogP contribution is -2.58. The molecule has 0 spiro atoms. The van der Waals surface area contributed by atoms with Crippen LogP contribution < -0.4 is 0 Å². The van der Waals surface area contributed by atoms with Crippen LogP contribution in [-0.4, -0.2) is 59.8 Å². The Bertz CT molecular complexity index is 578. The molecule has 3 aliphatic rings. The summed E-state index contributed by atoms with van der Waals surface area (Å²) in [6.07, 6.45) is 10.5. The number of carbonyl (C=O) groups excluding carboxylic acids is 1. The molecule has 2 aliphatic heterocycles. The Labute approximate surface area is 142 Å². The van der Waals surface area contributed by atoms with E-state index < -0.39 is 0 Å². The van der Waals surface area contributed by atoms with E-state index in [1.165, 1.54) is 12.8 Å². The second-order valence-corrected chi connectivity index (χ2v) is 7.39. The number of nitrogens with zero attached hydrogens (tertiary/aromatic N) is 3. The fraction of sp³-hybridized carbons (Fsp3) is 0.722. The van der Waals surface area contributed by atoms with Crippen molar-refractivity contribution < 1.29 is 14.3 Å². The van der Waals surface area contributed by atoms with Gasteiger partial charge in [0.2, 0.25) is 0 Å². The number of piperidine rings is 1. The molecule has 3 fully saturated rings. The SMILES string of the molecule is O=C(c1cnccn1)N1CCC2OCCCC2(COCC2CC2)C1. The molecule has 1 aromatic rings. The van der Waals surface area contributed by atoms with E-state index in [2.05, 4.69) is 9.97 Å². The molecule has 2 saturated heterocycles. The minimum atomic E-state index is -0.0662. The number of likely N-dealkylation sites (tertiary alicyclic amines) is 1. The van der Waals surface area contributed by atoms with Gasteiger partial charge in [-0.1, -0.05) is 0 Å². The van der Waals surface area contributed by atoms with Gasteiger partial charge in [-0.05, 0) is 38.0 Å². The molecule has 0 aromatic carbocycles. The maximum atomic E-state index is 12.8. The molecule has 6 heteroatoms. The number of carbonyl (C=O) groups is 1. The number of amides is 1. The zero-order valence-corrected chi connectivity index (χ0v) is 14.0. The predicted molar refractivity (Wildman–Crippen MR) is 87.5 cm³/mol. The van der Waals surface area contributed by atoms with Crippen LogP contribution in [0.5, 0.6) is 0 Å². The van der Waals surface area contributed by atoms with Gasteiger partial charge in [-0.25, -0.2) is 4.98 Å². The number of rotatable bonds is 5. The van der Waals surface area contributed by atoms with Crippen LogP contribution in [-0.2, 0) is 9.47 Å². The smallest absolute Gasteiger partial charge is 0.274 e. The third-order valence-electron chi connectivity index (χ3n) is 5.50. The van der Waals surface area contributed by atoms with Gasteiger partial charge in [-0.3, -0.25) is 9.78 Å². The lowest BCUT2D eigenvalue weighted by molar-refractivity contribution is -0.147. The zero-order chi connectivity index (χ0) is 16.4. The minimum Gasteiger partial charge on any atom is -0.380 e. The number of hydrogen-bond donors (Lipinski definition) is 0. The third kappa shape index (κ3) is 3.30. The summed E-state index contributed by atoms with van der Waals surface area (Å²) >= 11 is 0. The van der Waals surface area contributed by atoms with Crippen molar-refractivity contribution >= 4 is 5.91 Å². The zero-order valence-electron chi connectivity index (χ0n) is 14.0. The largest absolute Gasteiger partial charge is 0.380 e. The van der Waals surface area contributed by atoms with Crippen LogP contribution in [0.25, 0.3) is 0 Å². The van der Waals surface area contributed by atoms with Crippen LogP contribution in [0.3, 0.4) is 0 Å². The summed E-state index contributed by atoms with van der Waals surface area (Å²) < 4.78 is 12.1. The molecule has 1 amide bonds. The van der Waals surface area contributed by atoms with E-state index >= 15 is 0 Å². The van der Waals surface area contributed by atoms with Gasteiger partial charge in [-0.15, -0.1) is 0 Å². The van der Waals surface area contributed by atoms with Crippen molar-refractivity contribution in [3.05, 3.63) is 24.3 Å². The maximum Gasteiger partial charge on any atom is 0.274 e. The van der Waals surface area contributed by atoms with E-state index in [0.717, 1.165) is 38.4 Å². The summed E-state index contributed by atoms with van der Waals surface area (Å²) in [5.74, 6) is 0.721. The number of hydrogen-bond acceptors (Lipinski definition) is 5. The maximum absolute atomic E-state index is 12.8. The van der Waals surface area contributed by atoms with Crippen LogP contribution in [0, 0.1) is 11.3 Å². The summed E-state index contributed by atoms with van der Waals surface area (Å²) in [5, 5.41) is 0. The molecule has 2 unspecified atom stereocenters. The molecule has 130 valence electrons. The number of aromatic nitrogens is 2. The fourth-order valence-electron chi connectivity index (χ4n) is 3.96. The van der Waals surface area contributed by atoms with Crippen LogP contribution >= 0.6 is 0 Å². The quantitative estimate of drug-likeness (QED) is 0.825. The van der Waals surface area contributed by atoms with Crippen molar-refractivity contribution in [1.29, 1.82) is 0 Å². The molecule has 1 aliphatic carbocycles. The van der Waals surface area contributed by atoms with Gasteiger partial charge in [0.05, 0.1) is 18.9 Å². The Kier molecular flexibility index (Phi) is 4.50. The average molecular weight is 331 g/mol. The average Bonchev–Trinajstić information content (AvgIpc) is 3.45. The standard InChI is InChI=1S/C18H25N3O3/c22-17(15-10-19-6-7-20-15)21-8-4-16-18(12-21,5-1-9-24-16)13-23-11-14-2-3-14/h6-7,10,14,16H,1-5,8-9,11-13H2. The normalized spacial score (nSPS) is 30.0. The van der Waals surface area contributed by atoms with Gasteiger partial charge in [0.1, 0.15) is 5.69 Å². The molecule has 1 aromatic heterocycles. The summed E-state index contributed by atoms with van der Waals surface area (Å²) in [7, 11) is 0. The topological polar surface area (TPSA) is 64.6 Å². The van der Waals surface area contributed by atoms with Crippen molar-refractivity contribution in [3.8, 4) is 0 Å². The summed E-state index contributed by atoms with van der Waals surface area (Å²) in [5.41, 5.74) is 0.352. The number of fused-ring (bicyclic) bond motifs is 1. The summed E-state index contributed by atoms with van der Waals surface area (Å²) in [4.78, 5) is 22.8. The Morgan fingerprint density at radius 1 is 1.38 bits per heavy atom. The van der Waals surface area contributed by atoms with Crippen molar-refractivity contribution in [3.63, 3.8) is 0 Å². The third-order valence-corrected chi connectivity index (χ3v) is 5.50. The lowest BCUT2D eigenvalue weighted by atomic mass is 9.73. The lowest BCUT2D eigenvalue weighted by Gasteiger charge is -2.50. The Hall–Kier alpha value is -1.53. The summed E-state index contributed by atoms with van der Waals surface area (Å²) in [6.45, 7) is 3.78. The van der Waals surface area contributed by atoms with Gasteiger partial charge >= 0.3 is 0 Å². The molecule has 0 N–H and O–H groups in total. The second kappa shape index (κ2) is 6.76. The van der Waals surface area contributed by atoms with Crippen LogP contribution in [0.4, 0.5) is 0 Å². The van der Waals surface area contributed by atoms with E-state index in [9.17, 15) is 4.79 Å². The van der Waals surface area contributed by atoms with Gasteiger partial charge in [0.25, 0.3) is 5.91 Å². The summed E-state index contributed by atoms with van der Waals surface area (Å²) in [6, 6.07) is 0. The molecule has 0 bridgehead atoms. The highest BCUT2D eigenvalue weighted by atomic mass is 16.5. The van der Waals surface area contributed by atoms with E-state index in [-0.39, 0.29) is 17.4 Å². The van der Waals surface area contributed by atoms with Crippen molar-refractivity contribution in [2.24, 2.45) is 11.3 Å². The van der Waals surface area contributed by atoms with Gasteiger partial charge in [0.15, 0.2) is 0 Å². The highest BCUT2D eigenvalue weighted by Crippen LogP contribution is 2.41. The Balaban J connectivity index is 1.46. The number of ether oxygens (including phenoxy) is 2. The first-order chi connectivity index (χ1) is 11.8. The molecular weight excluding hydrogens is 306 g/mol. The fourth-order valence-corrected chi connectivity index (χ4v) is 3.96. The van der Waals surface area contributed by atoms with Gasteiger partial charge in [0, 0.05) is 44.1 Å². The molecular formula is C18H25N3O3. The molecule has 6 nitrogen and oxygen atoms in total. The van der Waals surface area contributed by atoms with Crippen molar-refractivity contribution in [2.45, 2.75) is 38.2 Å². The van der Waals surface area contributed by atoms with Gasteiger partial charge < -0.3 is 14.4 Å². The predicted octanol–water partition coefficient (Wildman–Crippen LogP) is 1.91. The van der Waals surface area contributed by atoms with E-state index in [1.807, 2.05) is 4.90 Å². The first-order valence-corrected chi connectivity index (χ1v) is 9.01. The highest BCUT2D eigenvalue weighted by Gasteiger charge is 2.47. The molecule has 0 radical (unpaired) electrons. The van der Waals surface area contributed by atoms with Crippen LogP contribution in [0.1, 0.15) is 42.6 Å². The van der Waals surface area contributed by atoms with E-state index in [4.69, 9.17) is 9.47 Å². The van der Waals surface area contributed by atoms with Crippen molar-refractivity contribution in [1.82, 2.24) is 14.9 Å². The van der Waals surface area contributed by atoms with Crippen LogP contribution in [0.2, 0.25) is 0 Å². The van der Waals surface area contributed by atoms with E-state index in [0.29, 0.717) is 25.4 Å². The Morgan fingerprint density at radius 2 is 2.29 bits per heavy atom. The molecule has 4 rings (SSSR count). The van der Waals surface area contributed by atoms with Gasteiger partial charge in [-0.2, -0.15) is 0 Å². The second-order valence-electron chi connectivity index (χ2n) is 7.39. The Morgan fingerprint density at radius 3 is 3.08 bits per heavy atom. The minimum absolute atomic E-state index is 0.0336. The molecule has 1 saturated carbocycles. The highest BCUT2D eigenvalue weighted by molar-refractivity contribution is 5.92. The molecule has 3 heterocycles.